The van der Waals surface area contributed by atoms with Crippen molar-refractivity contribution >= 4 is 5.82 Å². The van der Waals surface area contributed by atoms with Crippen molar-refractivity contribution in [3.8, 4) is 11.4 Å². The summed E-state index contributed by atoms with van der Waals surface area (Å²) in [5, 5.41) is 13.8. The summed E-state index contributed by atoms with van der Waals surface area (Å²) in [7, 11) is 0. The summed E-state index contributed by atoms with van der Waals surface area (Å²) in [6, 6.07) is 8.76. The molecule has 0 aliphatic rings. The molecule has 0 saturated carbocycles. The van der Waals surface area contributed by atoms with Gasteiger partial charge in [0.15, 0.2) is 0 Å². The quantitative estimate of drug-likeness (QED) is 0.827. The molecule has 1 aromatic heterocycles. The highest BCUT2D eigenvalue weighted by Gasteiger charge is 2.06. The fourth-order valence-corrected chi connectivity index (χ4v) is 1.66. The standard InChI is InChI=1S/C12H15N3O/c1-2-4-9-7-12(13)15(14-9)10-5-3-6-11(16)8-10/h3,5-8,16H,2,4,13H2,1H3. The maximum atomic E-state index is 9.39. The van der Waals surface area contributed by atoms with E-state index in [-0.39, 0.29) is 5.75 Å². The van der Waals surface area contributed by atoms with Crippen LogP contribution in [0.15, 0.2) is 30.3 Å². The predicted octanol–water partition coefficient (Wildman–Crippen LogP) is 2.11. The molecule has 0 saturated heterocycles. The summed E-state index contributed by atoms with van der Waals surface area (Å²) in [4.78, 5) is 0. The molecule has 0 aliphatic carbocycles. The number of hydrogen-bond donors (Lipinski definition) is 2. The minimum Gasteiger partial charge on any atom is -0.508 e. The van der Waals surface area contributed by atoms with E-state index in [9.17, 15) is 5.11 Å². The minimum absolute atomic E-state index is 0.212. The Kier molecular flexibility index (Phi) is 2.81. The number of aryl methyl sites for hydroxylation is 1. The van der Waals surface area contributed by atoms with Crippen molar-refractivity contribution in [3.63, 3.8) is 0 Å². The molecule has 0 unspecified atom stereocenters. The second kappa shape index (κ2) is 4.26. The summed E-state index contributed by atoms with van der Waals surface area (Å²) in [6.07, 6.45) is 1.95. The fourth-order valence-electron chi connectivity index (χ4n) is 1.66. The lowest BCUT2D eigenvalue weighted by molar-refractivity contribution is 0.475. The average molecular weight is 217 g/mol. The van der Waals surface area contributed by atoms with Gasteiger partial charge in [0, 0.05) is 12.1 Å². The van der Waals surface area contributed by atoms with E-state index in [1.807, 2.05) is 12.1 Å². The largest absolute Gasteiger partial charge is 0.508 e. The third-order valence-electron chi connectivity index (χ3n) is 2.37. The third kappa shape index (κ3) is 2.00. The second-order valence-corrected chi connectivity index (χ2v) is 3.74. The molecule has 1 heterocycles. The van der Waals surface area contributed by atoms with E-state index in [4.69, 9.17) is 5.73 Å². The Hall–Kier alpha value is -1.97. The molecule has 3 N–H and O–H groups in total. The number of nitrogens with zero attached hydrogens (tertiary/aromatic N) is 2. The first kappa shape index (κ1) is 10.5. The number of phenols is 1. The first-order valence-corrected chi connectivity index (χ1v) is 5.34. The van der Waals surface area contributed by atoms with E-state index in [1.54, 1.807) is 22.9 Å². The van der Waals surface area contributed by atoms with E-state index >= 15 is 0 Å². The highest BCUT2D eigenvalue weighted by atomic mass is 16.3. The van der Waals surface area contributed by atoms with Crippen molar-refractivity contribution in [1.82, 2.24) is 9.78 Å². The Balaban J connectivity index is 2.40. The molecule has 16 heavy (non-hydrogen) atoms. The molecule has 4 nitrogen and oxygen atoms in total. The lowest BCUT2D eigenvalue weighted by atomic mass is 10.2. The fraction of sp³-hybridized carbons (Fsp3) is 0.250. The molecule has 84 valence electrons. The van der Waals surface area contributed by atoms with Crippen molar-refractivity contribution in [2.75, 3.05) is 5.73 Å². The normalized spacial score (nSPS) is 10.6. The van der Waals surface area contributed by atoms with Gasteiger partial charge in [-0.25, -0.2) is 4.68 Å². The first-order chi connectivity index (χ1) is 7.70. The Morgan fingerprint density at radius 1 is 1.38 bits per heavy atom. The molecule has 2 rings (SSSR count). The minimum atomic E-state index is 0.212. The molecule has 4 heteroatoms. The molecular weight excluding hydrogens is 202 g/mol. The number of anilines is 1. The lowest BCUT2D eigenvalue weighted by Crippen LogP contribution is -2.01. The number of aromatic nitrogens is 2. The molecular formula is C12H15N3O. The highest BCUT2D eigenvalue weighted by Crippen LogP contribution is 2.19. The maximum absolute atomic E-state index is 9.39. The van der Waals surface area contributed by atoms with Crippen molar-refractivity contribution < 1.29 is 5.11 Å². The lowest BCUT2D eigenvalue weighted by Gasteiger charge is -2.03. The second-order valence-electron chi connectivity index (χ2n) is 3.74. The predicted molar refractivity (Wildman–Crippen MR) is 63.6 cm³/mol. The maximum Gasteiger partial charge on any atom is 0.127 e. The summed E-state index contributed by atoms with van der Waals surface area (Å²) in [5.41, 5.74) is 7.63. The van der Waals surface area contributed by atoms with Gasteiger partial charge in [0.2, 0.25) is 0 Å². The number of nitrogen functional groups attached to an aromatic ring is 1. The highest BCUT2D eigenvalue weighted by molar-refractivity contribution is 5.45. The molecule has 0 aliphatic heterocycles. The summed E-state index contributed by atoms with van der Waals surface area (Å²) in [6.45, 7) is 2.10. The Morgan fingerprint density at radius 2 is 2.19 bits per heavy atom. The zero-order valence-electron chi connectivity index (χ0n) is 9.22. The third-order valence-corrected chi connectivity index (χ3v) is 2.37. The number of hydrogen-bond acceptors (Lipinski definition) is 3. The number of benzene rings is 1. The van der Waals surface area contributed by atoms with Gasteiger partial charge in [-0.3, -0.25) is 0 Å². The Labute approximate surface area is 94.3 Å². The van der Waals surface area contributed by atoms with Gasteiger partial charge in [-0.05, 0) is 18.6 Å². The zero-order valence-corrected chi connectivity index (χ0v) is 9.22. The molecule has 1 aromatic carbocycles. The van der Waals surface area contributed by atoms with Crippen LogP contribution >= 0.6 is 0 Å². The summed E-state index contributed by atoms with van der Waals surface area (Å²) < 4.78 is 1.64. The van der Waals surface area contributed by atoms with Crippen LogP contribution in [0.3, 0.4) is 0 Å². The molecule has 0 atom stereocenters. The van der Waals surface area contributed by atoms with Crippen LogP contribution in [0.2, 0.25) is 0 Å². The zero-order chi connectivity index (χ0) is 11.5. The Morgan fingerprint density at radius 3 is 2.88 bits per heavy atom. The van der Waals surface area contributed by atoms with Gasteiger partial charge in [-0.2, -0.15) is 5.10 Å². The number of rotatable bonds is 3. The monoisotopic (exact) mass is 217 g/mol. The van der Waals surface area contributed by atoms with Crippen LogP contribution in [0.1, 0.15) is 19.0 Å². The van der Waals surface area contributed by atoms with Gasteiger partial charge in [0.1, 0.15) is 11.6 Å². The van der Waals surface area contributed by atoms with Crippen LogP contribution in [-0.2, 0) is 6.42 Å². The number of aromatic hydroxyl groups is 1. The van der Waals surface area contributed by atoms with Crippen LogP contribution in [0.5, 0.6) is 5.75 Å². The molecule has 0 amide bonds. The number of phenolic OH excluding ortho intramolecular Hbond substituents is 1. The van der Waals surface area contributed by atoms with Crippen molar-refractivity contribution in [2.45, 2.75) is 19.8 Å². The Bertz CT molecular complexity index is 491. The van der Waals surface area contributed by atoms with E-state index < -0.39 is 0 Å². The van der Waals surface area contributed by atoms with Crippen molar-refractivity contribution in [3.05, 3.63) is 36.0 Å². The molecule has 2 aromatic rings. The molecule has 0 radical (unpaired) electrons. The van der Waals surface area contributed by atoms with E-state index in [2.05, 4.69) is 12.0 Å². The van der Waals surface area contributed by atoms with Gasteiger partial charge in [-0.1, -0.05) is 19.4 Å². The molecule has 0 spiro atoms. The average Bonchev–Trinajstić information content (AvgIpc) is 2.60. The smallest absolute Gasteiger partial charge is 0.127 e. The van der Waals surface area contributed by atoms with Crippen molar-refractivity contribution in [2.24, 2.45) is 0 Å². The van der Waals surface area contributed by atoms with Crippen LogP contribution < -0.4 is 5.73 Å². The molecule has 0 bridgehead atoms. The van der Waals surface area contributed by atoms with Gasteiger partial charge >= 0.3 is 0 Å². The van der Waals surface area contributed by atoms with Crippen LogP contribution in [0.25, 0.3) is 5.69 Å². The van der Waals surface area contributed by atoms with Gasteiger partial charge in [0.25, 0.3) is 0 Å². The topological polar surface area (TPSA) is 64.1 Å². The first-order valence-electron chi connectivity index (χ1n) is 5.34. The van der Waals surface area contributed by atoms with Crippen molar-refractivity contribution in [1.29, 1.82) is 0 Å². The van der Waals surface area contributed by atoms with E-state index in [0.29, 0.717) is 5.82 Å². The van der Waals surface area contributed by atoms with Crippen LogP contribution in [0.4, 0.5) is 5.82 Å². The van der Waals surface area contributed by atoms with Gasteiger partial charge in [-0.15, -0.1) is 0 Å². The van der Waals surface area contributed by atoms with Gasteiger partial charge < -0.3 is 10.8 Å². The molecule has 0 fully saturated rings. The SMILES string of the molecule is CCCc1cc(N)n(-c2cccc(O)c2)n1. The van der Waals surface area contributed by atoms with E-state index in [1.165, 1.54) is 0 Å². The summed E-state index contributed by atoms with van der Waals surface area (Å²) in [5.74, 6) is 0.804. The number of nitrogens with two attached hydrogens (primary N) is 1. The van der Waals surface area contributed by atoms with Crippen LogP contribution in [-0.4, -0.2) is 14.9 Å². The van der Waals surface area contributed by atoms with E-state index in [0.717, 1.165) is 24.2 Å². The van der Waals surface area contributed by atoms with Gasteiger partial charge in [0.05, 0.1) is 11.4 Å². The van der Waals surface area contributed by atoms with Crippen LogP contribution in [0, 0.1) is 0 Å². The summed E-state index contributed by atoms with van der Waals surface area (Å²) >= 11 is 0.